The van der Waals surface area contributed by atoms with Crippen LogP contribution in [0.4, 0.5) is 4.39 Å². The van der Waals surface area contributed by atoms with Gasteiger partial charge in [0.05, 0.1) is 18.5 Å². The van der Waals surface area contributed by atoms with E-state index in [1.807, 2.05) is 0 Å². The van der Waals surface area contributed by atoms with E-state index in [1.165, 1.54) is 40.3 Å². The first kappa shape index (κ1) is 16.2. The molecule has 1 aromatic carbocycles. The van der Waals surface area contributed by atoms with Crippen molar-refractivity contribution < 1.29 is 13.6 Å². The number of aromatic nitrogens is 2. The molecule has 4 rings (SSSR count). The normalized spacial score (nSPS) is 11.0. The number of hydrogen-bond donors (Lipinski definition) is 1. The van der Waals surface area contributed by atoms with Gasteiger partial charge in [-0.05, 0) is 42.0 Å². The Hall–Kier alpha value is -3.26. The van der Waals surface area contributed by atoms with E-state index in [9.17, 15) is 14.0 Å². The Kier molecular flexibility index (Phi) is 4.10. The number of nitrogens with zero attached hydrogens (tertiary/aromatic N) is 2. The van der Waals surface area contributed by atoms with Gasteiger partial charge in [0, 0.05) is 11.6 Å². The number of thiazole rings is 1. The van der Waals surface area contributed by atoms with Crippen LogP contribution in [0.1, 0.15) is 16.1 Å². The fraction of sp³-hybridized carbons (Fsp3) is 0.0556. The molecule has 0 unspecified atom stereocenters. The van der Waals surface area contributed by atoms with Crippen LogP contribution in [0.2, 0.25) is 0 Å². The lowest BCUT2D eigenvalue weighted by Gasteiger charge is -2.05. The van der Waals surface area contributed by atoms with Gasteiger partial charge in [-0.15, -0.1) is 11.3 Å². The van der Waals surface area contributed by atoms with Crippen molar-refractivity contribution in [1.29, 1.82) is 0 Å². The van der Waals surface area contributed by atoms with Crippen LogP contribution in [0, 0.1) is 5.82 Å². The number of amides is 1. The highest BCUT2D eigenvalue weighted by atomic mass is 32.1. The van der Waals surface area contributed by atoms with E-state index in [1.54, 1.807) is 29.6 Å². The largest absolute Gasteiger partial charge is 0.467 e. The molecule has 1 N–H and O–H groups in total. The summed E-state index contributed by atoms with van der Waals surface area (Å²) in [4.78, 5) is 29.8. The van der Waals surface area contributed by atoms with Gasteiger partial charge in [0.2, 0.25) is 0 Å². The molecule has 6 nitrogen and oxygen atoms in total. The maximum atomic E-state index is 13.2. The highest BCUT2D eigenvalue weighted by molar-refractivity contribution is 7.15. The molecule has 26 heavy (non-hydrogen) atoms. The second-order valence-corrected chi connectivity index (χ2v) is 6.32. The summed E-state index contributed by atoms with van der Waals surface area (Å²) in [5, 5.41) is 4.39. The number of benzene rings is 1. The van der Waals surface area contributed by atoms with Gasteiger partial charge in [-0.2, -0.15) is 0 Å². The summed E-state index contributed by atoms with van der Waals surface area (Å²) in [6, 6.07) is 9.22. The third-order valence-corrected chi connectivity index (χ3v) is 4.67. The zero-order valence-electron chi connectivity index (χ0n) is 13.3. The first-order valence-corrected chi connectivity index (χ1v) is 8.57. The predicted octanol–water partition coefficient (Wildman–Crippen LogP) is 3.09. The summed E-state index contributed by atoms with van der Waals surface area (Å²) in [6.07, 6.45) is 2.77. The van der Waals surface area contributed by atoms with Crippen molar-refractivity contribution in [2.24, 2.45) is 0 Å². The second kappa shape index (κ2) is 6.57. The fourth-order valence-electron chi connectivity index (χ4n) is 2.55. The minimum Gasteiger partial charge on any atom is -0.467 e. The zero-order chi connectivity index (χ0) is 18.1. The molecule has 0 aliphatic carbocycles. The molecule has 3 heterocycles. The Labute approximate surface area is 150 Å². The van der Waals surface area contributed by atoms with Crippen molar-refractivity contribution in [1.82, 2.24) is 14.7 Å². The van der Waals surface area contributed by atoms with Crippen LogP contribution in [-0.4, -0.2) is 15.3 Å². The average Bonchev–Trinajstić information content (AvgIpc) is 3.31. The molecule has 0 saturated carbocycles. The molecular formula is C18H12FN3O3S. The maximum Gasteiger partial charge on any atom is 0.271 e. The highest BCUT2D eigenvalue weighted by Crippen LogP contribution is 2.24. The lowest BCUT2D eigenvalue weighted by atomic mass is 10.2. The van der Waals surface area contributed by atoms with Crippen molar-refractivity contribution in [2.75, 3.05) is 0 Å². The molecule has 0 bridgehead atoms. The summed E-state index contributed by atoms with van der Waals surface area (Å²) in [7, 11) is 0. The Bertz CT molecular complexity index is 1130. The lowest BCUT2D eigenvalue weighted by Crippen LogP contribution is -2.31. The van der Waals surface area contributed by atoms with Crippen LogP contribution in [-0.2, 0) is 6.54 Å². The van der Waals surface area contributed by atoms with E-state index in [4.69, 9.17) is 4.42 Å². The summed E-state index contributed by atoms with van der Waals surface area (Å²) in [5.74, 6) is -0.323. The fourth-order valence-corrected chi connectivity index (χ4v) is 3.40. The number of fused-ring (bicyclic) bond motifs is 1. The van der Waals surface area contributed by atoms with E-state index in [0.717, 1.165) is 0 Å². The molecule has 0 aliphatic rings. The Balaban J connectivity index is 1.72. The van der Waals surface area contributed by atoms with Crippen molar-refractivity contribution in [3.8, 4) is 11.3 Å². The van der Waals surface area contributed by atoms with Gasteiger partial charge in [-0.1, -0.05) is 0 Å². The van der Waals surface area contributed by atoms with Crippen LogP contribution in [0.15, 0.2) is 63.4 Å². The molecule has 4 aromatic rings. The quantitative estimate of drug-likeness (QED) is 0.600. The molecule has 0 saturated heterocycles. The number of nitrogens with one attached hydrogen (secondary N) is 1. The van der Waals surface area contributed by atoms with Gasteiger partial charge >= 0.3 is 0 Å². The van der Waals surface area contributed by atoms with E-state index < -0.39 is 11.5 Å². The average molecular weight is 369 g/mol. The molecule has 0 atom stereocenters. The molecule has 8 heteroatoms. The minimum absolute atomic E-state index is 0.0733. The second-order valence-electron chi connectivity index (χ2n) is 5.48. The predicted molar refractivity (Wildman–Crippen MR) is 94.6 cm³/mol. The third-order valence-electron chi connectivity index (χ3n) is 3.83. The molecule has 0 fully saturated rings. The van der Waals surface area contributed by atoms with Gasteiger partial charge in [-0.25, -0.2) is 9.37 Å². The molecule has 0 radical (unpaired) electrons. The topological polar surface area (TPSA) is 76.6 Å². The van der Waals surface area contributed by atoms with Crippen LogP contribution in [0.3, 0.4) is 0 Å². The van der Waals surface area contributed by atoms with E-state index in [0.29, 0.717) is 22.0 Å². The Morgan fingerprint density at radius 3 is 2.81 bits per heavy atom. The molecule has 1 amide bonds. The first-order chi connectivity index (χ1) is 12.6. The smallest absolute Gasteiger partial charge is 0.271 e. The number of carbonyl (C=O) groups excluding carboxylic acids is 1. The number of rotatable bonds is 4. The molecular weight excluding hydrogens is 357 g/mol. The van der Waals surface area contributed by atoms with Gasteiger partial charge in [0.15, 0.2) is 4.96 Å². The summed E-state index contributed by atoms with van der Waals surface area (Å²) < 4.78 is 19.7. The van der Waals surface area contributed by atoms with Gasteiger partial charge < -0.3 is 9.73 Å². The van der Waals surface area contributed by atoms with Crippen LogP contribution in [0.5, 0.6) is 0 Å². The van der Waals surface area contributed by atoms with E-state index in [2.05, 4.69) is 10.3 Å². The molecule has 0 aliphatic heterocycles. The maximum absolute atomic E-state index is 13.2. The minimum atomic E-state index is -0.537. The lowest BCUT2D eigenvalue weighted by molar-refractivity contribution is 0.0946. The van der Waals surface area contributed by atoms with Crippen molar-refractivity contribution >= 4 is 22.2 Å². The number of carbonyl (C=O) groups is 1. The Morgan fingerprint density at radius 1 is 1.27 bits per heavy atom. The summed E-state index contributed by atoms with van der Waals surface area (Å²) in [6.45, 7) is 0.169. The number of furan rings is 1. The van der Waals surface area contributed by atoms with E-state index >= 15 is 0 Å². The SMILES string of the molecule is O=C(NCc1ccco1)c1cnc2scc(-c3ccc(F)cc3)n2c1=O. The van der Waals surface area contributed by atoms with Gasteiger partial charge in [0.1, 0.15) is 17.1 Å². The van der Waals surface area contributed by atoms with Crippen molar-refractivity contribution in [3.05, 3.63) is 81.7 Å². The van der Waals surface area contributed by atoms with Crippen LogP contribution in [0.25, 0.3) is 16.2 Å². The third kappa shape index (κ3) is 2.91. The van der Waals surface area contributed by atoms with Crippen LogP contribution >= 0.6 is 11.3 Å². The summed E-state index contributed by atoms with van der Waals surface area (Å²) >= 11 is 1.27. The van der Waals surface area contributed by atoms with Crippen molar-refractivity contribution in [3.63, 3.8) is 0 Å². The standard InChI is InChI=1S/C18H12FN3O3S/c19-12-5-3-11(4-6-12)15-10-26-18-21-9-14(17(24)22(15)18)16(23)20-8-13-2-1-7-25-13/h1-7,9-10H,8H2,(H,20,23). The van der Waals surface area contributed by atoms with Gasteiger partial charge in [-0.3, -0.25) is 14.0 Å². The zero-order valence-corrected chi connectivity index (χ0v) is 14.1. The Morgan fingerprint density at radius 2 is 2.08 bits per heavy atom. The monoisotopic (exact) mass is 369 g/mol. The number of halogens is 1. The molecule has 0 spiro atoms. The van der Waals surface area contributed by atoms with E-state index in [-0.39, 0.29) is 17.9 Å². The highest BCUT2D eigenvalue weighted by Gasteiger charge is 2.17. The van der Waals surface area contributed by atoms with Gasteiger partial charge in [0.25, 0.3) is 11.5 Å². The van der Waals surface area contributed by atoms with Crippen LogP contribution < -0.4 is 10.9 Å². The molecule has 130 valence electrons. The summed E-state index contributed by atoms with van der Waals surface area (Å²) in [5.41, 5.74) is 0.668. The first-order valence-electron chi connectivity index (χ1n) is 7.69. The molecule has 3 aromatic heterocycles. The van der Waals surface area contributed by atoms with Crippen molar-refractivity contribution in [2.45, 2.75) is 6.54 Å². The number of hydrogen-bond acceptors (Lipinski definition) is 5.